The van der Waals surface area contributed by atoms with Crippen LogP contribution in [-0.2, 0) is 9.53 Å². The van der Waals surface area contributed by atoms with Gasteiger partial charge in [-0.05, 0) is 17.7 Å². The lowest BCUT2D eigenvalue weighted by Gasteiger charge is -2.10. The monoisotopic (exact) mass is 273 g/mol. The van der Waals surface area contributed by atoms with Crippen molar-refractivity contribution in [3.05, 3.63) is 23.8 Å². The molecule has 7 heteroatoms. The number of cyclic esters (lactones) is 1. The van der Waals surface area contributed by atoms with E-state index in [0.717, 1.165) is 0 Å². The number of hydrogen-bond acceptors (Lipinski definition) is 5. The molecule has 1 aliphatic rings. The minimum atomic E-state index is -0.509. The van der Waals surface area contributed by atoms with Gasteiger partial charge in [0.15, 0.2) is 11.5 Å². The summed E-state index contributed by atoms with van der Waals surface area (Å²) in [5.41, 5.74) is 0.684. The van der Waals surface area contributed by atoms with Crippen LogP contribution in [0.5, 0.6) is 11.5 Å². The molecule has 2 N–H and O–H groups in total. The number of ether oxygens (including phenoxy) is 2. The maximum atomic E-state index is 10.9. The third-order valence-electron chi connectivity index (χ3n) is 2.31. The van der Waals surface area contributed by atoms with E-state index in [2.05, 4.69) is 5.32 Å². The van der Waals surface area contributed by atoms with Crippen LogP contribution in [0, 0.1) is 0 Å². The van der Waals surface area contributed by atoms with Crippen LogP contribution in [0.4, 0.5) is 4.79 Å². The second-order valence-electron chi connectivity index (χ2n) is 3.62. The molecule has 0 unspecified atom stereocenters. The molecule has 18 heavy (non-hydrogen) atoms. The van der Waals surface area contributed by atoms with Gasteiger partial charge in [0.1, 0.15) is 6.61 Å². The van der Waals surface area contributed by atoms with Crippen molar-refractivity contribution in [2.24, 2.45) is 0 Å². The number of phenols is 1. The van der Waals surface area contributed by atoms with Gasteiger partial charge in [-0.15, -0.1) is 12.4 Å². The Morgan fingerprint density at radius 3 is 2.78 bits per heavy atom. The minimum absolute atomic E-state index is 0. The predicted molar refractivity (Wildman–Crippen MR) is 63.9 cm³/mol. The fraction of sp³-hybridized carbons (Fsp3) is 0.273. The fourth-order valence-corrected chi connectivity index (χ4v) is 1.56. The third kappa shape index (κ3) is 3.04. The average Bonchev–Trinajstić information content (AvgIpc) is 2.67. The van der Waals surface area contributed by atoms with Crippen molar-refractivity contribution in [2.45, 2.75) is 13.0 Å². The van der Waals surface area contributed by atoms with Crippen LogP contribution in [0.25, 0.3) is 0 Å². The summed E-state index contributed by atoms with van der Waals surface area (Å²) in [7, 11) is 0. The van der Waals surface area contributed by atoms with Gasteiger partial charge in [0.2, 0.25) is 0 Å². The topological polar surface area (TPSA) is 84.9 Å². The highest BCUT2D eigenvalue weighted by atomic mass is 35.5. The molecule has 1 aromatic carbocycles. The van der Waals surface area contributed by atoms with Crippen molar-refractivity contribution in [3.8, 4) is 11.5 Å². The number of benzene rings is 1. The molecule has 6 nitrogen and oxygen atoms in total. The van der Waals surface area contributed by atoms with Crippen molar-refractivity contribution in [3.63, 3.8) is 0 Å². The number of halogens is 1. The highest BCUT2D eigenvalue weighted by Crippen LogP contribution is 2.30. The first-order chi connectivity index (χ1) is 8.06. The summed E-state index contributed by atoms with van der Waals surface area (Å²) in [5, 5.41) is 12.2. The normalized spacial score (nSPS) is 17.4. The molecule has 1 atom stereocenters. The second kappa shape index (κ2) is 5.59. The van der Waals surface area contributed by atoms with Crippen molar-refractivity contribution in [1.29, 1.82) is 0 Å². The number of esters is 1. The highest BCUT2D eigenvalue weighted by Gasteiger charge is 2.24. The van der Waals surface area contributed by atoms with E-state index in [4.69, 9.17) is 9.47 Å². The molecule has 0 bridgehead atoms. The van der Waals surface area contributed by atoms with E-state index >= 15 is 0 Å². The lowest BCUT2D eigenvalue weighted by Crippen LogP contribution is -2.18. The molecule has 1 fully saturated rings. The lowest BCUT2D eigenvalue weighted by molar-refractivity contribution is -0.132. The van der Waals surface area contributed by atoms with E-state index in [1.165, 1.54) is 19.1 Å². The summed E-state index contributed by atoms with van der Waals surface area (Å²) in [4.78, 5) is 21.6. The van der Waals surface area contributed by atoms with Gasteiger partial charge in [0.05, 0.1) is 6.04 Å². The molecular weight excluding hydrogens is 262 g/mol. The number of rotatable bonds is 2. The van der Waals surface area contributed by atoms with Crippen LogP contribution in [0.2, 0.25) is 0 Å². The first-order valence-corrected chi connectivity index (χ1v) is 5.01. The zero-order valence-corrected chi connectivity index (χ0v) is 10.3. The molecule has 0 aromatic heterocycles. The maximum absolute atomic E-state index is 10.9. The zero-order chi connectivity index (χ0) is 12.4. The summed E-state index contributed by atoms with van der Waals surface area (Å²) < 4.78 is 9.51. The highest BCUT2D eigenvalue weighted by molar-refractivity contribution is 5.85. The molecule has 0 spiro atoms. The SMILES string of the molecule is CC(=O)Oc1ccc([C@@H]2COC(=O)N2)cc1O.Cl. The predicted octanol–water partition coefficient (Wildman–Crippen LogP) is 1.52. The Hall–Kier alpha value is -1.95. The summed E-state index contributed by atoms with van der Waals surface area (Å²) >= 11 is 0. The Labute approximate surface area is 109 Å². The molecule has 0 saturated carbocycles. The summed E-state index contributed by atoms with van der Waals surface area (Å²) in [6.45, 7) is 1.46. The molecule has 1 heterocycles. The Bertz CT molecular complexity index is 477. The number of aromatic hydroxyl groups is 1. The van der Waals surface area contributed by atoms with Crippen LogP contribution in [-0.4, -0.2) is 23.8 Å². The van der Waals surface area contributed by atoms with Crippen LogP contribution in [0.1, 0.15) is 18.5 Å². The van der Waals surface area contributed by atoms with E-state index in [1.54, 1.807) is 6.07 Å². The maximum Gasteiger partial charge on any atom is 0.407 e. The van der Waals surface area contributed by atoms with Gasteiger partial charge in [-0.25, -0.2) is 4.79 Å². The van der Waals surface area contributed by atoms with Gasteiger partial charge >= 0.3 is 12.1 Å². The number of phenolic OH excluding ortho intramolecular Hbond substituents is 1. The molecule has 0 aliphatic carbocycles. The second-order valence-corrected chi connectivity index (χ2v) is 3.62. The zero-order valence-electron chi connectivity index (χ0n) is 9.50. The Morgan fingerprint density at radius 1 is 1.56 bits per heavy atom. The van der Waals surface area contributed by atoms with Gasteiger partial charge < -0.3 is 19.9 Å². The van der Waals surface area contributed by atoms with Gasteiger partial charge in [0, 0.05) is 6.92 Å². The fourth-order valence-electron chi connectivity index (χ4n) is 1.56. The molecule has 1 aromatic rings. The number of amides is 1. The first-order valence-electron chi connectivity index (χ1n) is 5.01. The number of alkyl carbamates (subject to hydrolysis) is 1. The molecular formula is C11H12ClNO5. The molecule has 2 rings (SSSR count). The van der Waals surface area contributed by atoms with Crippen LogP contribution < -0.4 is 10.1 Å². The molecule has 1 amide bonds. The molecule has 0 radical (unpaired) electrons. The Kier molecular flexibility index (Phi) is 4.38. The Morgan fingerprint density at radius 2 is 2.28 bits per heavy atom. The van der Waals surface area contributed by atoms with Crippen LogP contribution in [0.3, 0.4) is 0 Å². The third-order valence-corrected chi connectivity index (χ3v) is 2.31. The lowest BCUT2D eigenvalue weighted by atomic mass is 10.1. The number of carbonyl (C=O) groups excluding carboxylic acids is 2. The summed E-state index contributed by atoms with van der Waals surface area (Å²) in [6, 6.07) is 4.26. The van der Waals surface area contributed by atoms with Gasteiger partial charge in [0.25, 0.3) is 0 Å². The summed E-state index contributed by atoms with van der Waals surface area (Å²) in [6.07, 6.45) is -0.487. The number of carbonyl (C=O) groups is 2. The standard InChI is InChI=1S/C11H11NO5.ClH/c1-6(13)17-10-3-2-7(4-9(10)14)8-5-16-11(15)12-8;/h2-4,8,14H,5H2,1H3,(H,12,15);1H/t8-;/m0./s1. The van der Waals surface area contributed by atoms with E-state index in [9.17, 15) is 14.7 Å². The largest absolute Gasteiger partial charge is 0.504 e. The molecule has 1 saturated heterocycles. The smallest absolute Gasteiger partial charge is 0.407 e. The van der Waals surface area contributed by atoms with E-state index in [1.807, 2.05) is 0 Å². The molecule has 1 aliphatic heterocycles. The van der Waals surface area contributed by atoms with Crippen molar-refractivity contribution >= 4 is 24.5 Å². The van der Waals surface area contributed by atoms with E-state index in [-0.39, 0.29) is 36.6 Å². The van der Waals surface area contributed by atoms with E-state index < -0.39 is 12.1 Å². The van der Waals surface area contributed by atoms with E-state index in [0.29, 0.717) is 5.56 Å². The quantitative estimate of drug-likeness (QED) is 0.630. The first kappa shape index (κ1) is 14.1. The van der Waals surface area contributed by atoms with Crippen LogP contribution >= 0.6 is 12.4 Å². The summed E-state index contributed by atoms with van der Waals surface area (Å²) in [5.74, 6) is -0.573. The van der Waals surface area contributed by atoms with Crippen molar-refractivity contribution < 1.29 is 24.2 Å². The minimum Gasteiger partial charge on any atom is -0.504 e. The van der Waals surface area contributed by atoms with Gasteiger partial charge in [-0.3, -0.25) is 4.79 Å². The van der Waals surface area contributed by atoms with Crippen LogP contribution in [0.15, 0.2) is 18.2 Å². The van der Waals surface area contributed by atoms with Gasteiger partial charge in [-0.1, -0.05) is 6.07 Å². The van der Waals surface area contributed by atoms with Gasteiger partial charge in [-0.2, -0.15) is 0 Å². The average molecular weight is 274 g/mol. The number of nitrogens with one attached hydrogen (secondary N) is 1. The number of hydrogen-bond donors (Lipinski definition) is 2. The Balaban J connectivity index is 0.00000162. The molecule has 98 valence electrons. The van der Waals surface area contributed by atoms with Crippen molar-refractivity contribution in [2.75, 3.05) is 6.61 Å². The van der Waals surface area contributed by atoms with Crippen molar-refractivity contribution in [1.82, 2.24) is 5.32 Å².